The number of fused-ring (bicyclic) bond motifs is 1. The Morgan fingerprint density at radius 3 is 2.70 bits per heavy atom. The fourth-order valence-electron chi connectivity index (χ4n) is 3.17. The van der Waals surface area contributed by atoms with Gasteiger partial charge in [0.15, 0.2) is 5.76 Å². The molecule has 0 saturated heterocycles. The van der Waals surface area contributed by atoms with Crippen LogP contribution in [0.3, 0.4) is 0 Å². The third-order valence-electron chi connectivity index (χ3n) is 4.50. The van der Waals surface area contributed by atoms with E-state index in [1.165, 1.54) is 12.1 Å². The summed E-state index contributed by atoms with van der Waals surface area (Å²) in [6, 6.07) is 19.9. The number of aromatic nitrogens is 1. The van der Waals surface area contributed by atoms with E-state index in [1.807, 2.05) is 42.5 Å². The lowest BCUT2D eigenvalue weighted by atomic mass is 10.0. The van der Waals surface area contributed by atoms with E-state index in [1.54, 1.807) is 19.1 Å². The molecule has 27 heavy (non-hydrogen) atoms. The van der Waals surface area contributed by atoms with E-state index in [-0.39, 0.29) is 11.7 Å². The normalized spacial score (nSPS) is 10.9. The van der Waals surface area contributed by atoms with Gasteiger partial charge in [0.05, 0.1) is 5.69 Å². The van der Waals surface area contributed by atoms with Gasteiger partial charge in [-0.15, -0.1) is 0 Å². The van der Waals surface area contributed by atoms with Crippen molar-refractivity contribution in [3.05, 3.63) is 89.4 Å². The maximum Gasteiger partial charge on any atom is 0.257 e. The molecule has 134 valence electrons. The number of halogens is 1. The Morgan fingerprint density at radius 1 is 1.07 bits per heavy atom. The zero-order valence-electron chi connectivity index (χ0n) is 14.7. The second-order valence-electron chi connectivity index (χ2n) is 6.30. The number of rotatable bonds is 4. The summed E-state index contributed by atoms with van der Waals surface area (Å²) in [5.41, 5.74) is 2.28. The highest BCUT2D eigenvalue weighted by molar-refractivity contribution is 6.00. The number of amides is 1. The molecule has 4 nitrogen and oxygen atoms in total. The molecule has 0 aliphatic heterocycles. The van der Waals surface area contributed by atoms with E-state index < -0.39 is 5.82 Å². The summed E-state index contributed by atoms with van der Waals surface area (Å²) < 4.78 is 18.8. The van der Waals surface area contributed by atoms with Gasteiger partial charge in [0.1, 0.15) is 11.4 Å². The Hall–Kier alpha value is -3.47. The van der Waals surface area contributed by atoms with Crippen molar-refractivity contribution in [1.82, 2.24) is 10.5 Å². The molecular formula is C22H17FN2O2. The molecule has 4 aromatic rings. The van der Waals surface area contributed by atoms with Gasteiger partial charge < -0.3 is 9.84 Å². The minimum Gasteiger partial charge on any atom is -0.355 e. The van der Waals surface area contributed by atoms with Crippen LogP contribution in [-0.2, 0) is 6.54 Å². The first-order valence-corrected chi connectivity index (χ1v) is 8.60. The van der Waals surface area contributed by atoms with Crippen LogP contribution in [0.25, 0.3) is 22.1 Å². The lowest BCUT2D eigenvalue weighted by molar-refractivity contribution is 0.0950. The molecule has 1 amide bonds. The number of nitrogens with zero attached hydrogens (tertiary/aromatic N) is 1. The molecule has 0 spiro atoms. The second kappa shape index (κ2) is 7.03. The van der Waals surface area contributed by atoms with Crippen molar-refractivity contribution in [3.8, 4) is 11.3 Å². The smallest absolute Gasteiger partial charge is 0.257 e. The summed E-state index contributed by atoms with van der Waals surface area (Å²) in [5, 5.41) is 9.02. The highest BCUT2D eigenvalue weighted by Gasteiger charge is 2.22. The Bertz CT molecular complexity index is 1130. The van der Waals surface area contributed by atoms with Crippen LogP contribution in [-0.4, -0.2) is 11.1 Å². The van der Waals surface area contributed by atoms with Crippen LogP contribution in [0, 0.1) is 12.7 Å². The van der Waals surface area contributed by atoms with Crippen molar-refractivity contribution in [2.75, 3.05) is 0 Å². The molecule has 0 bridgehead atoms. The Labute approximate surface area is 155 Å². The highest BCUT2D eigenvalue weighted by Crippen LogP contribution is 2.27. The summed E-state index contributed by atoms with van der Waals surface area (Å²) in [6.07, 6.45) is 0. The van der Waals surface area contributed by atoms with E-state index in [0.717, 1.165) is 16.3 Å². The molecule has 4 rings (SSSR count). The average molecular weight is 360 g/mol. The lowest BCUT2D eigenvalue weighted by Crippen LogP contribution is -2.23. The number of nitrogens with one attached hydrogen (secondary N) is 1. The van der Waals surface area contributed by atoms with Crippen LogP contribution in [0.5, 0.6) is 0 Å². The molecule has 0 aliphatic carbocycles. The molecule has 0 fully saturated rings. The van der Waals surface area contributed by atoms with Gasteiger partial charge in [-0.05, 0) is 35.4 Å². The standard InChI is InChI=1S/C22H17FN2O2/c1-14-20(21(27-25-14)16-8-5-10-18(23)12-16)22(26)24-13-17-9-4-7-15-6-2-3-11-19(15)17/h2-12H,13H2,1H3,(H,24,26). The predicted octanol–water partition coefficient (Wildman–Crippen LogP) is 4.87. The summed E-state index contributed by atoms with van der Waals surface area (Å²) in [4.78, 5) is 12.8. The van der Waals surface area contributed by atoms with Gasteiger partial charge in [0.2, 0.25) is 0 Å². The molecule has 5 heteroatoms. The topological polar surface area (TPSA) is 55.1 Å². The number of hydrogen-bond donors (Lipinski definition) is 1. The first kappa shape index (κ1) is 17.0. The van der Waals surface area contributed by atoms with Gasteiger partial charge >= 0.3 is 0 Å². The molecular weight excluding hydrogens is 343 g/mol. The quantitative estimate of drug-likeness (QED) is 0.565. The Kier molecular flexibility index (Phi) is 4.42. The highest BCUT2D eigenvalue weighted by atomic mass is 19.1. The number of carbonyl (C=O) groups is 1. The zero-order chi connectivity index (χ0) is 18.8. The first-order valence-electron chi connectivity index (χ1n) is 8.60. The van der Waals surface area contributed by atoms with Crippen LogP contribution in [0.4, 0.5) is 4.39 Å². The molecule has 0 unspecified atom stereocenters. The maximum absolute atomic E-state index is 13.5. The van der Waals surface area contributed by atoms with E-state index >= 15 is 0 Å². The minimum atomic E-state index is -0.399. The molecule has 1 aromatic heterocycles. The average Bonchev–Trinajstić information content (AvgIpc) is 3.07. The number of carbonyl (C=O) groups excluding carboxylic acids is 1. The predicted molar refractivity (Wildman–Crippen MR) is 102 cm³/mol. The summed E-state index contributed by atoms with van der Waals surface area (Å²) in [6.45, 7) is 2.06. The SMILES string of the molecule is Cc1noc(-c2cccc(F)c2)c1C(=O)NCc1cccc2ccccc12. The van der Waals surface area contributed by atoms with Gasteiger partial charge in [0, 0.05) is 12.1 Å². The van der Waals surface area contributed by atoms with E-state index in [9.17, 15) is 9.18 Å². The second-order valence-corrected chi connectivity index (χ2v) is 6.30. The van der Waals surface area contributed by atoms with Gasteiger partial charge in [0.25, 0.3) is 5.91 Å². The molecule has 1 heterocycles. The van der Waals surface area contributed by atoms with Crippen molar-refractivity contribution < 1.29 is 13.7 Å². The molecule has 3 aromatic carbocycles. The summed E-state index contributed by atoms with van der Waals surface area (Å²) >= 11 is 0. The zero-order valence-corrected chi connectivity index (χ0v) is 14.7. The summed E-state index contributed by atoms with van der Waals surface area (Å²) in [7, 11) is 0. The first-order chi connectivity index (χ1) is 13.1. The number of hydrogen-bond acceptors (Lipinski definition) is 3. The van der Waals surface area contributed by atoms with Crippen molar-refractivity contribution in [3.63, 3.8) is 0 Å². The van der Waals surface area contributed by atoms with Crippen molar-refractivity contribution >= 4 is 16.7 Å². The van der Waals surface area contributed by atoms with Gasteiger partial charge in [-0.25, -0.2) is 4.39 Å². The van der Waals surface area contributed by atoms with Gasteiger partial charge in [-0.3, -0.25) is 4.79 Å². The molecule has 0 radical (unpaired) electrons. The van der Waals surface area contributed by atoms with Crippen molar-refractivity contribution in [1.29, 1.82) is 0 Å². The largest absolute Gasteiger partial charge is 0.355 e. The minimum absolute atomic E-state index is 0.266. The van der Waals surface area contributed by atoms with E-state index in [2.05, 4.69) is 10.5 Å². The fourth-order valence-corrected chi connectivity index (χ4v) is 3.17. The number of benzene rings is 3. The molecule has 0 saturated carbocycles. The third kappa shape index (κ3) is 3.31. The van der Waals surface area contributed by atoms with E-state index in [0.29, 0.717) is 23.4 Å². The maximum atomic E-state index is 13.5. The van der Waals surface area contributed by atoms with Crippen LogP contribution >= 0.6 is 0 Å². The summed E-state index contributed by atoms with van der Waals surface area (Å²) in [5.74, 6) is -0.438. The van der Waals surface area contributed by atoms with Gasteiger partial charge in [-0.1, -0.05) is 59.8 Å². The monoisotopic (exact) mass is 360 g/mol. The van der Waals surface area contributed by atoms with Crippen molar-refractivity contribution in [2.45, 2.75) is 13.5 Å². The third-order valence-corrected chi connectivity index (χ3v) is 4.50. The van der Waals surface area contributed by atoms with Gasteiger partial charge in [-0.2, -0.15) is 0 Å². The number of aryl methyl sites for hydroxylation is 1. The molecule has 1 N–H and O–H groups in total. The van der Waals surface area contributed by atoms with Crippen LogP contribution < -0.4 is 5.32 Å². The van der Waals surface area contributed by atoms with Crippen LogP contribution in [0.15, 0.2) is 71.3 Å². The Morgan fingerprint density at radius 2 is 1.85 bits per heavy atom. The van der Waals surface area contributed by atoms with Crippen LogP contribution in [0.2, 0.25) is 0 Å². The van der Waals surface area contributed by atoms with Crippen molar-refractivity contribution in [2.24, 2.45) is 0 Å². The van der Waals surface area contributed by atoms with Crippen LogP contribution in [0.1, 0.15) is 21.6 Å². The lowest BCUT2D eigenvalue weighted by Gasteiger charge is -2.09. The molecule has 0 atom stereocenters. The fraction of sp³-hybridized carbons (Fsp3) is 0.0909. The Balaban J connectivity index is 1.61. The molecule has 0 aliphatic rings. The van der Waals surface area contributed by atoms with E-state index in [4.69, 9.17) is 4.52 Å².